The molecule has 1 amide bonds. The molecule has 1 aromatic rings. The van der Waals surface area contributed by atoms with E-state index >= 15 is 0 Å². The van der Waals surface area contributed by atoms with Gasteiger partial charge in [-0.3, -0.25) is 4.79 Å². The molecule has 0 fully saturated rings. The minimum Gasteiger partial charge on any atom is -0.302 e. The topological polar surface area (TPSA) is 42.0 Å². The third-order valence-electron chi connectivity index (χ3n) is 3.63. The summed E-state index contributed by atoms with van der Waals surface area (Å²) in [5.74, 6) is -0.0234. The number of aromatic nitrogens is 1. The molecule has 4 heteroatoms. The number of amides is 1. The monoisotopic (exact) mass is 280 g/mol. The van der Waals surface area contributed by atoms with Gasteiger partial charge in [0.1, 0.15) is 0 Å². The molecule has 0 atom stereocenters. The van der Waals surface area contributed by atoms with E-state index in [1.54, 1.807) is 18.3 Å². The molecule has 1 N–H and O–H groups in total. The number of carbonyl (C=O) groups excluding carboxylic acids is 1. The van der Waals surface area contributed by atoms with Gasteiger partial charge in [0.05, 0.1) is 5.69 Å². The molecule has 19 heavy (non-hydrogen) atoms. The van der Waals surface area contributed by atoms with Crippen LogP contribution < -0.4 is 5.32 Å². The minimum absolute atomic E-state index is 0.0234. The number of nitrogens with zero attached hydrogens (tertiary/aromatic N) is 1. The Morgan fingerprint density at radius 3 is 2.21 bits per heavy atom. The minimum atomic E-state index is -0.0234. The molecule has 0 saturated carbocycles. The van der Waals surface area contributed by atoms with Gasteiger partial charge in [0.2, 0.25) is 5.91 Å². The lowest BCUT2D eigenvalue weighted by Crippen LogP contribution is -2.05. The fourth-order valence-corrected chi connectivity index (χ4v) is 3.71. The molecule has 1 aromatic heterocycles. The predicted octanol–water partition coefficient (Wildman–Crippen LogP) is 4.32. The molecule has 0 aliphatic heterocycles. The lowest BCUT2D eigenvalue weighted by atomic mass is 10.0. The molecular formula is C15H24N2OS. The summed E-state index contributed by atoms with van der Waals surface area (Å²) in [7, 11) is 0. The maximum Gasteiger partial charge on any atom is 0.223 e. The Labute approximate surface area is 119 Å². The standard InChI is InChI=1S/C15H24N2OS/c1-12(18)16-15-17-13-10-8-6-4-2-3-5-7-9-11-14(13)19-15/h2-11H2,1H3,(H,16,17,18). The lowest BCUT2D eigenvalue weighted by Gasteiger charge is -2.06. The highest BCUT2D eigenvalue weighted by Gasteiger charge is 2.12. The first-order chi connectivity index (χ1) is 9.25. The van der Waals surface area contributed by atoms with Crippen LogP contribution in [0, 0.1) is 0 Å². The van der Waals surface area contributed by atoms with Crippen molar-refractivity contribution in [2.45, 2.75) is 71.1 Å². The summed E-state index contributed by atoms with van der Waals surface area (Å²) in [5.41, 5.74) is 1.23. The van der Waals surface area contributed by atoms with Crippen LogP contribution in [0.3, 0.4) is 0 Å². The van der Waals surface area contributed by atoms with Crippen molar-refractivity contribution in [1.29, 1.82) is 0 Å². The van der Waals surface area contributed by atoms with Crippen LogP contribution in [0.15, 0.2) is 0 Å². The van der Waals surface area contributed by atoms with Gasteiger partial charge in [-0.1, -0.05) is 38.5 Å². The van der Waals surface area contributed by atoms with Crippen molar-refractivity contribution >= 4 is 22.4 Å². The molecule has 0 spiro atoms. The van der Waals surface area contributed by atoms with E-state index in [1.165, 1.54) is 61.9 Å². The molecule has 0 unspecified atom stereocenters. The maximum absolute atomic E-state index is 11.1. The normalized spacial score (nSPS) is 17.9. The van der Waals surface area contributed by atoms with E-state index in [9.17, 15) is 4.79 Å². The van der Waals surface area contributed by atoms with Gasteiger partial charge < -0.3 is 5.32 Å². The third-order valence-corrected chi connectivity index (χ3v) is 4.70. The number of hydrogen-bond acceptors (Lipinski definition) is 3. The van der Waals surface area contributed by atoms with Crippen LogP contribution in [-0.2, 0) is 17.6 Å². The van der Waals surface area contributed by atoms with E-state index in [2.05, 4.69) is 10.3 Å². The number of nitrogens with one attached hydrogen (secondary N) is 1. The largest absolute Gasteiger partial charge is 0.302 e. The number of rotatable bonds is 1. The number of carbonyl (C=O) groups is 1. The first-order valence-corrected chi connectivity index (χ1v) is 8.33. The molecule has 3 nitrogen and oxygen atoms in total. The summed E-state index contributed by atoms with van der Waals surface area (Å²) in [4.78, 5) is 17.1. The Morgan fingerprint density at radius 2 is 1.58 bits per heavy atom. The lowest BCUT2D eigenvalue weighted by molar-refractivity contribution is -0.114. The van der Waals surface area contributed by atoms with Crippen LogP contribution >= 0.6 is 11.3 Å². The SMILES string of the molecule is CC(=O)Nc1nc2c(s1)CCCCCCCCCC2. The van der Waals surface area contributed by atoms with E-state index in [0.717, 1.165) is 18.0 Å². The number of aryl methyl sites for hydroxylation is 2. The fraction of sp³-hybridized carbons (Fsp3) is 0.733. The van der Waals surface area contributed by atoms with Crippen LogP contribution in [0.2, 0.25) is 0 Å². The van der Waals surface area contributed by atoms with Crippen molar-refractivity contribution in [3.63, 3.8) is 0 Å². The molecule has 0 bridgehead atoms. The van der Waals surface area contributed by atoms with E-state index in [4.69, 9.17) is 0 Å². The summed E-state index contributed by atoms with van der Waals surface area (Å²) in [6.07, 6.45) is 12.8. The predicted molar refractivity (Wildman–Crippen MR) is 80.8 cm³/mol. The number of fused-ring (bicyclic) bond motifs is 1. The van der Waals surface area contributed by atoms with Crippen molar-refractivity contribution in [2.24, 2.45) is 0 Å². The number of anilines is 1. The quantitative estimate of drug-likeness (QED) is 0.832. The van der Waals surface area contributed by atoms with Crippen LogP contribution in [0.25, 0.3) is 0 Å². The van der Waals surface area contributed by atoms with Crippen molar-refractivity contribution in [2.75, 3.05) is 5.32 Å². The first-order valence-electron chi connectivity index (χ1n) is 7.52. The van der Waals surface area contributed by atoms with Gasteiger partial charge >= 0.3 is 0 Å². The van der Waals surface area contributed by atoms with Crippen molar-refractivity contribution in [1.82, 2.24) is 4.98 Å². The zero-order valence-electron chi connectivity index (χ0n) is 11.8. The van der Waals surface area contributed by atoms with Gasteiger partial charge in [-0.25, -0.2) is 4.98 Å². The highest BCUT2D eigenvalue weighted by Crippen LogP contribution is 2.27. The Morgan fingerprint density at radius 1 is 1.00 bits per heavy atom. The van der Waals surface area contributed by atoms with Gasteiger partial charge in [0, 0.05) is 11.8 Å². The second kappa shape index (κ2) is 7.63. The van der Waals surface area contributed by atoms with Gasteiger partial charge in [-0.15, -0.1) is 11.3 Å². The fourth-order valence-electron chi connectivity index (χ4n) is 2.62. The zero-order chi connectivity index (χ0) is 13.5. The molecule has 0 saturated heterocycles. The molecule has 1 aliphatic carbocycles. The Bertz CT molecular complexity index is 385. The van der Waals surface area contributed by atoms with Crippen molar-refractivity contribution < 1.29 is 4.79 Å². The smallest absolute Gasteiger partial charge is 0.223 e. The number of thiazole rings is 1. The van der Waals surface area contributed by atoms with Crippen molar-refractivity contribution in [3.8, 4) is 0 Å². The van der Waals surface area contributed by atoms with E-state index in [0.29, 0.717) is 0 Å². The second-order valence-electron chi connectivity index (χ2n) is 5.40. The van der Waals surface area contributed by atoms with Gasteiger partial charge in [0.15, 0.2) is 5.13 Å². The zero-order valence-corrected chi connectivity index (χ0v) is 12.7. The van der Waals surface area contributed by atoms with E-state index < -0.39 is 0 Å². The van der Waals surface area contributed by atoms with Gasteiger partial charge in [0.25, 0.3) is 0 Å². The Kier molecular flexibility index (Phi) is 5.83. The summed E-state index contributed by atoms with van der Waals surface area (Å²) in [5, 5.41) is 3.61. The van der Waals surface area contributed by atoms with E-state index in [-0.39, 0.29) is 5.91 Å². The summed E-state index contributed by atoms with van der Waals surface area (Å²) < 4.78 is 0. The average Bonchev–Trinajstić information content (AvgIpc) is 2.70. The summed E-state index contributed by atoms with van der Waals surface area (Å²) in [6.45, 7) is 1.54. The Hall–Kier alpha value is -0.900. The van der Waals surface area contributed by atoms with E-state index in [1.807, 2.05) is 0 Å². The van der Waals surface area contributed by atoms with Crippen molar-refractivity contribution in [3.05, 3.63) is 10.6 Å². The van der Waals surface area contributed by atoms with Gasteiger partial charge in [-0.05, 0) is 25.7 Å². The number of hydrogen-bond donors (Lipinski definition) is 1. The third kappa shape index (κ3) is 4.94. The Balaban J connectivity index is 2.04. The highest BCUT2D eigenvalue weighted by atomic mass is 32.1. The molecule has 0 aromatic carbocycles. The molecule has 106 valence electrons. The highest BCUT2D eigenvalue weighted by molar-refractivity contribution is 7.15. The molecule has 2 rings (SSSR count). The van der Waals surface area contributed by atoms with Crippen LogP contribution in [0.5, 0.6) is 0 Å². The summed E-state index contributed by atoms with van der Waals surface area (Å²) >= 11 is 1.67. The molecule has 1 aliphatic rings. The van der Waals surface area contributed by atoms with Crippen LogP contribution in [-0.4, -0.2) is 10.9 Å². The first kappa shape index (κ1) is 14.5. The van der Waals surface area contributed by atoms with Crippen LogP contribution in [0.1, 0.15) is 68.9 Å². The van der Waals surface area contributed by atoms with Crippen LogP contribution in [0.4, 0.5) is 5.13 Å². The summed E-state index contributed by atoms with van der Waals surface area (Å²) in [6, 6.07) is 0. The average molecular weight is 280 g/mol. The van der Waals surface area contributed by atoms with Gasteiger partial charge in [-0.2, -0.15) is 0 Å². The maximum atomic E-state index is 11.1. The second-order valence-corrected chi connectivity index (χ2v) is 6.48. The molecular weight excluding hydrogens is 256 g/mol. The molecule has 0 radical (unpaired) electrons. The molecule has 1 heterocycles.